The molecule has 0 radical (unpaired) electrons. The van der Waals surface area contributed by atoms with Crippen molar-refractivity contribution < 1.29 is 0 Å². The van der Waals surface area contributed by atoms with Crippen molar-refractivity contribution in [3.05, 3.63) is 46.5 Å². The Kier molecular flexibility index (Phi) is 3.57. The van der Waals surface area contributed by atoms with Gasteiger partial charge in [0.15, 0.2) is 0 Å². The summed E-state index contributed by atoms with van der Waals surface area (Å²) in [5, 5.41) is 8.82. The molecule has 1 heterocycles. The van der Waals surface area contributed by atoms with Crippen LogP contribution >= 0.6 is 15.9 Å². The van der Waals surface area contributed by atoms with Crippen LogP contribution in [-0.2, 0) is 6.42 Å². The average molecular weight is 291 g/mol. The second kappa shape index (κ2) is 5.13. The van der Waals surface area contributed by atoms with E-state index < -0.39 is 0 Å². The normalized spacial score (nSPS) is 10.2. The first-order chi connectivity index (χ1) is 8.26. The summed E-state index contributed by atoms with van der Waals surface area (Å²) in [6.07, 6.45) is 4.32. The Labute approximate surface area is 108 Å². The Morgan fingerprint density at radius 3 is 2.94 bits per heavy atom. The lowest BCUT2D eigenvalue weighted by molar-refractivity contribution is 0.871. The van der Waals surface area contributed by atoms with E-state index in [0.29, 0.717) is 12.1 Å². The minimum atomic E-state index is 0.583. The van der Waals surface area contributed by atoms with Crippen LogP contribution in [0.15, 0.2) is 35.2 Å². The van der Waals surface area contributed by atoms with Crippen LogP contribution in [-0.4, -0.2) is 16.1 Å². The third kappa shape index (κ3) is 2.38. The van der Waals surface area contributed by atoms with Crippen LogP contribution in [0.2, 0.25) is 0 Å². The van der Waals surface area contributed by atoms with E-state index in [9.17, 15) is 0 Å². The summed E-state index contributed by atoms with van der Waals surface area (Å²) >= 11 is 3.46. The Hall–Kier alpha value is -1.64. The Balaban J connectivity index is 2.46. The van der Waals surface area contributed by atoms with Gasteiger partial charge in [0.2, 0.25) is 0 Å². The third-order valence-corrected chi connectivity index (χ3v) is 3.09. The summed E-state index contributed by atoms with van der Waals surface area (Å²) in [6.45, 7) is 0.583. The maximum absolute atomic E-state index is 8.82. The van der Waals surface area contributed by atoms with Gasteiger partial charge in [0, 0.05) is 22.8 Å². The average Bonchev–Trinajstić information content (AvgIpc) is 2.77. The maximum atomic E-state index is 8.82. The fourth-order valence-corrected chi connectivity index (χ4v) is 2.21. The fraction of sp³-hybridized carbons (Fsp3) is 0.167. The quantitative estimate of drug-likeness (QED) is 0.940. The molecule has 0 bridgehead atoms. The van der Waals surface area contributed by atoms with Crippen LogP contribution in [0.5, 0.6) is 0 Å². The topological polar surface area (TPSA) is 67.6 Å². The van der Waals surface area contributed by atoms with Gasteiger partial charge in [-0.05, 0) is 40.7 Å². The number of imidazole rings is 1. The molecule has 86 valence electrons. The third-order valence-electron chi connectivity index (χ3n) is 2.45. The molecule has 5 heteroatoms. The molecular weight excluding hydrogens is 280 g/mol. The summed E-state index contributed by atoms with van der Waals surface area (Å²) in [6, 6.07) is 7.58. The zero-order chi connectivity index (χ0) is 12.3. The number of nitrogens with two attached hydrogens (primary N) is 1. The van der Waals surface area contributed by atoms with Gasteiger partial charge in [-0.25, -0.2) is 4.98 Å². The summed E-state index contributed by atoms with van der Waals surface area (Å²) in [4.78, 5) is 4.12. The molecule has 0 atom stereocenters. The summed E-state index contributed by atoms with van der Waals surface area (Å²) in [5.74, 6) is 0. The van der Waals surface area contributed by atoms with Gasteiger partial charge in [-0.3, -0.25) is 0 Å². The molecule has 0 aliphatic rings. The molecule has 0 spiro atoms. The van der Waals surface area contributed by atoms with Crippen molar-refractivity contribution in [3.63, 3.8) is 0 Å². The van der Waals surface area contributed by atoms with E-state index in [1.807, 2.05) is 10.6 Å². The smallest absolute Gasteiger partial charge is 0.0994 e. The molecule has 0 saturated heterocycles. The number of hydrogen-bond donors (Lipinski definition) is 1. The minimum absolute atomic E-state index is 0.583. The molecular formula is C12H11BrN4. The predicted octanol–water partition coefficient (Wildman–Crippen LogP) is 2.01. The number of rotatable bonds is 3. The van der Waals surface area contributed by atoms with Crippen molar-refractivity contribution in [1.82, 2.24) is 9.55 Å². The lowest BCUT2D eigenvalue weighted by atomic mass is 10.2. The first-order valence-corrected chi connectivity index (χ1v) is 5.97. The van der Waals surface area contributed by atoms with Gasteiger partial charge in [0.25, 0.3) is 0 Å². The molecule has 0 amide bonds. The summed E-state index contributed by atoms with van der Waals surface area (Å²) in [5.41, 5.74) is 8.20. The van der Waals surface area contributed by atoms with Gasteiger partial charge in [-0.2, -0.15) is 5.26 Å². The standard InChI is InChI=1S/C12H11BrN4/c13-11-5-9(6-15)1-2-12(11)17-8-16-7-10(17)3-4-14/h1-2,5,7-8H,3-4,14H2. The highest BCUT2D eigenvalue weighted by Gasteiger charge is 2.07. The molecule has 0 unspecified atom stereocenters. The number of nitriles is 1. The van der Waals surface area contributed by atoms with Crippen molar-refractivity contribution >= 4 is 15.9 Å². The molecule has 2 N–H and O–H groups in total. The van der Waals surface area contributed by atoms with Gasteiger partial charge in [0.05, 0.1) is 23.6 Å². The van der Waals surface area contributed by atoms with Crippen molar-refractivity contribution in [2.45, 2.75) is 6.42 Å². The van der Waals surface area contributed by atoms with E-state index in [-0.39, 0.29) is 0 Å². The second-order valence-electron chi connectivity index (χ2n) is 3.57. The molecule has 2 rings (SSSR count). The van der Waals surface area contributed by atoms with E-state index >= 15 is 0 Å². The molecule has 17 heavy (non-hydrogen) atoms. The van der Waals surface area contributed by atoms with Crippen LogP contribution in [0.3, 0.4) is 0 Å². The summed E-state index contributed by atoms with van der Waals surface area (Å²) in [7, 11) is 0. The second-order valence-corrected chi connectivity index (χ2v) is 4.43. The molecule has 1 aromatic carbocycles. The molecule has 0 fully saturated rings. The van der Waals surface area contributed by atoms with Crippen molar-refractivity contribution in [3.8, 4) is 11.8 Å². The fourth-order valence-electron chi connectivity index (χ4n) is 1.64. The molecule has 0 saturated carbocycles. The van der Waals surface area contributed by atoms with Crippen molar-refractivity contribution in [2.75, 3.05) is 6.54 Å². The number of halogens is 1. The largest absolute Gasteiger partial charge is 0.330 e. The monoisotopic (exact) mass is 290 g/mol. The first-order valence-electron chi connectivity index (χ1n) is 5.17. The van der Waals surface area contributed by atoms with Crippen LogP contribution in [0, 0.1) is 11.3 Å². The molecule has 2 aromatic rings. The van der Waals surface area contributed by atoms with Gasteiger partial charge >= 0.3 is 0 Å². The van der Waals surface area contributed by atoms with Crippen molar-refractivity contribution in [2.24, 2.45) is 5.73 Å². The van der Waals surface area contributed by atoms with Gasteiger partial charge in [-0.1, -0.05) is 0 Å². The molecule has 0 aliphatic carbocycles. The van der Waals surface area contributed by atoms with Gasteiger partial charge < -0.3 is 10.3 Å². The van der Waals surface area contributed by atoms with Crippen molar-refractivity contribution in [1.29, 1.82) is 5.26 Å². The van der Waals surface area contributed by atoms with Gasteiger partial charge in [-0.15, -0.1) is 0 Å². The molecule has 1 aromatic heterocycles. The molecule has 4 nitrogen and oxygen atoms in total. The highest BCUT2D eigenvalue weighted by atomic mass is 79.9. The number of hydrogen-bond acceptors (Lipinski definition) is 3. The zero-order valence-electron chi connectivity index (χ0n) is 9.10. The van der Waals surface area contributed by atoms with Crippen LogP contribution < -0.4 is 5.73 Å². The van der Waals surface area contributed by atoms with E-state index in [2.05, 4.69) is 27.0 Å². The SMILES string of the molecule is N#Cc1ccc(-n2cncc2CCN)c(Br)c1. The lowest BCUT2D eigenvalue weighted by Gasteiger charge is -2.09. The highest BCUT2D eigenvalue weighted by Crippen LogP contribution is 2.23. The lowest BCUT2D eigenvalue weighted by Crippen LogP contribution is -2.07. The van der Waals surface area contributed by atoms with E-state index in [0.717, 1.165) is 22.3 Å². The number of nitrogens with zero attached hydrogens (tertiary/aromatic N) is 3. The minimum Gasteiger partial charge on any atom is -0.330 e. The van der Waals surface area contributed by atoms with Gasteiger partial charge in [0.1, 0.15) is 0 Å². The first kappa shape index (κ1) is 11.8. The number of benzene rings is 1. The molecule has 0 aliphatic heterocycles. The maximum Gasteiger partial charge on any atom is 0.0994 e. The van der Waals surface area contributed by atoms with E-state index in [1.54, 1.807) is 24.7 Å². The van der Waals surface area contributed by atoms with Crippen LogP contribution in [0.1, 0.15) is 11.3 Å². The summed E-state index contributed by atoms with van der Waals surface area (Å²) < 4.78 is 2.84. The predicted molar refractivity (Wildman–Crippen MR) is 68.7 cm³/mol. The Morgan fingerprint density at radius 2 is 2.29 bits per heavy atom. The zero-order valence-corrected chi connectivity index (χ0v) is 10.7. The highest BCUT2D eigenvalue weighted by molar-refractivity contribution is 9.10. The van der Waals surface area contributed by atoms with Crippen LogP contribution in [0.4, 0.5) is 0 Å². The Bertz CT molecular complexity index is 568. The van der Waals surface area contributed by atoms with Crippen LogP contribution in [0.25, 0.3) is 5.69 Å². The van der Waals surface area contributed by atoms with E-state index in [1.165, 1.54) is 0 Å². The Morgan fingerprint density at radius 1 is 1.47 bits per heavy atom. The van der Waals surface area contributed by atoms with E-state index in [4.69, 9.17) is 11.0 Å². The number of aromatic nitrogens is 2.